The Hall–Kier alpha value is -1.04. The highest BCUT2D eigenvalue weighted by Crippen LogP contribution is 2.11. The summed E-state index contributed by atoms with van der Waals surface area (Å²) in [4.78, 5) is 34.8. The first-order chi connectivity index (χ1) is 12.3. The average molecular weight is 395 g/mol. The minimum absolute atomic E-state index is 0.156. The standard InChI is InChI=1S/C13H24N2O3.3C2H6.CH4S/c1-6-10(11(16)13(18)14-5)15-12(17)9(4)7-8(2)3;4*1-2/h8-10H,6-7H2,1-5H3,(H,14,18)(H,15,17);3*1-2H3;2H,1H3/t9-,10?;;;;/m0..../s1. The molecule has 0 aliphatic rings. The summed E-state index contributed by atoms with van der Waals surface area (Å²) in [6.07, 6.45) is 2.86. The number of nitrogens with one attached hydrogen (secondary N) is 2. The zero-order valence-electron chi connectivity index (χ0n) is 19.3. The maximum absolute atomic E-state index is 11.9. The highest BCUT2D eigenvalue weighted by atomic mass is 32.1. The Morgan fingerprint density at radius 1 is 0.885 bits per heavy atom. The summed E-state index contributed by atoms with van der Waals surface area (Å²) in [7, 11) is 1.40. The maximum Gasteiger partial charge on any atom is 0.289 e. The SMILES string of the molecule is CC.CC.CC.CCC(NC(=O)[C@@H](C)CC(C)C)C(=O)C(=O)NC.CS. The Morgan fingerprint density at radius 2 is 1.27 bits per heavy atom. The monoisotopic (exact) mass is 394 g/mol. The summed E-state index contributed by atoms with van der Waals surface area (Å²) in [5, 5.41) is 4.91. The summed E-state index contributed by atoms with van der Waals surface area (Å²) in [6, 6.07) is -0.730. The van der Waals surface area contributed by atoms with Crippen molar-refractivity contribution in [1.82, 2.24) is 10.6 Å². The summed E-state index contributed by atoms with van der Waals surface area (Å²) in [6.45, 7) is 19.7. The van der Waals surface area contributed by atoms with E-state index in [1.807, 2.05) is 62.3 Å². The van der Waals surface area contributed by atoms with Crippen LogP contribution in [0.2, 0.25) is 0 Å². The van der Waals surface area contributed by atoms with E-state index in [1.54, 1.807) is 13.2 Å². The van der Waals surface area contributed by atoms with E-state index in [1.165, 1.54) is 7.05 Å². The quantitative estimate of drug-likeness (QED) is 0.439. The van der Waals surface area contributed by atoms with Crippen molar-refractivity contribution in [3.63, 3.8) is 0 Å². The van der Waals surface area contributed by atoms with Gasteiger partial charge in [-0.2, -0.15) is 12.6 Å². The van der Waals surface area contributed by atoms with Crippen molar-refractivity contribution in [3.8, 4) is 0 Å². The zero-order chi connectivity index (χ0) is 22.3. The van der Waals surface area contributed by atoms with E-state index in [0.717, 1.165) is 6.42 Å². The molecule has 0 aromatic rings. The Kier molecular flexibility index (Phi) is 39.8. The lowest BCUT2D eigenvalue weighted by atomic mass is 9.97. The van der Waals surface area contributed by atoms with E-state index in [2.05, 4.69) is 23.3 Å². The fraction of sp³-hybridized carbons (Fsp3) is 0.850. The lowest BCUT2D eigenvalue weighted by Gasteiger charge is -2.19. The maximum atomic E-state index is 11.9. The minimum Gasteiger partial charge on any atom is -0.353 e. The molecule has 2 amide bonds. The van der Waals surface area contributed by atoms with Gasteiger partial charge in [0.25, 0.3) is 5.91 Å². The van der Waals surface area contributed by atoms with Gasteiger partial charge < -0.3 is 10.6 Å². The molecule has 2 atom stereocenters. The number of hydrogen-bond donors (Lipinski definition) is 3. The van der Waals surface area contributed by atoms with Crippen LogP contribution >= 0.6 is 12.6 Å². The van der Waals surface area contributed by atoms with Crippen LogP contribution in [0.5, 0.6) is 0 Å². The van der Waals surface area contributed by atoms with Crippen molar-refractivity contribution in [3.05, 3.63) is 0 Å². The van der Waals surface area contributed by atoms with Gasteiger partial charge >= 0.3 is 0 Å². The molecule has 2 N–H and O–H groups in total. The van der Waals surface area contributed by atoms with Crippen LogP contribution in [-0.2, 0) is 14.4 Å². The van der Waals surface area contributed by atoms with Crippen LogP contribution in [0.15, 0.2) is 0 Å². The van der Waals surface area contributed by atoms with Crippen molar-refractivity contribution >= 4 is 30.2 Å². The van der Waals surface area contributed by atoms with Gasteiger partial charge in [-0.25, -0.2) is 0 Å². The molecule has 26 heavy (non-hydrogen) atoms. The minimum atomic E-state index is -0.730. The predicted octanol–water partition coefficient (Wildman–Crippen LogP) is 4.50. The fourth-order valence-corrected chi connectivity index (χ4v) is 1.76. The topological polar surface area (TPSA) is 75.3 Å². The first kappa shape index (κ1) is 36.0. The molecule has 0 spiro atoms. The third-order valence-electron chi connectivity index (χ3n) is 2.76. The van der Waals surface area contributed by atoms with E-state index in [4.69, 9.17) is 0 Å². The first-order valence-electron chi connectivity index (χ1n) is 9.84. The van der Waals surface area contributed by atoms with Crippen LogP contribution in [0.3, 0.4) is 0 Å². The molecule has 0 saturated heterocycles. The van der Waals surface area contributed by atoms with E-state index >= 15 is 0 Å². The van der Waals surface area contributed by atoms with Crippen molar-refractivity contribution in [2.45, 2.75) is 88.1 Å². The lowest BCUT2D eigenvalue weighted by molar-refractivity contribution is -0.140. The molecule has 0 aliphatic carbocycles. The average Bonchev–Trinajstić information content (AvgIpc) is 2.70. The number of rotatable bonds is 7. The molecule has 0 radical (unpaired) electrons. The van der Waals surface area contributed by atoms with Crippen molar-refractivity contribution < 1.29 is 14.4 Å². The highest BCUT2D eigenvalue weighted by molar-refractivity contribution is 7.79. The second kappa shape index (κ2) is 28.8. The second-order valence-electron chi connectivity index (χ2n) is 4.94. The Labute approximate surface area is 168 Å². The molecule has 0 fully saturated rings. The Balaban J connectivity index is -0.000000160. The molecular formula is C20H46N2O3S. The lowest BCUT2D eigenvalue weighted by Crippen LogP contribution is -2.48. The number of amides is 2. The summed E-state index contributed by atoms with van der Waals surface area (Å²) < 4.78 is 0. The Bertz CT molecular complexity index is 322. The first-order valence-corrected chi connectivity index (χ1v) is 10.7. The molecule has 0 saturated carbocycles. The number of carbonyl (C=O) groups excluding carboxylic acids is 3. The molecule has 1 unspecified atom stereocenters. The van der Waals surface area contributed by atoms with E-state index in [-0.39, 0.29) is 11.8 Å². The zero-order valence-corrected chi connectivity index (χ0v) is 20.2. The largest absolute Gasteiger partial charge is 0.353 e. The number of thiol groups is 1. The molecule has 0 aromatic carbocycles. The van der Waals surface area contributed by atoms with Gasteiger partial charge in [0, 0.05) is 13.0 Å². The van der Waals surface area contributed by atoms with Crippen molar-refractivity contribution in [1.29, 1.82) is 0 Å². The summed E-state index contributed by atoms with van der Waals surface area (Å²) >= 11 is 3.53. The molecule has 160 valence electrons. The van der Waals surface area contributed by atoms with E-state index in [0.29, 0.717) is 12.3 Å². The number of hydrogen-bond acceptors (Lipinski definition) is 4. The third kappa shape index (κ3) is 21.0. The highest BCUT2D eigenvalue weighted by Gasteiger charge is 2.26. The number of ketones is 1. The van der Waals surface area contributed by atoms with Gasteiger partial charge in [0.1, 0.15) is 0 Å². The smallest absolute Gasteiger partial charge is 0.289 e. The van der Waals surface area contributed by atoms with Crippen molar-refractivity contribution in [2.75, 3.05) is 13.3 Å². The second-order valence-corrected chi connectivity index (χ2v) is 4.94. The molecule has 0 rings (SSSR count). The number of carbonyl (C=O) groups is 3. The fourth-order valence-electron chi connectivity index (χ4n) is 1.76. The molecule has 5 nitrogen and oxygen atoms in total. The van der Waals surface area contributed by atoms with Crippen LogP contribution in [0, 0.1) is 11.8 Å². The molecule has 0 heterocycles. The number of Topliss-reactive ketones (excluding diaryl/α,β-unsaturated/α-hetero) is 1. The van der Waals surface area contributed by atoms with Crippen molar-refractivity contribution in [2.24, 2.45) is 11.8 Å². The molecular weight excluding hydrogens is 348 g/mol. The molecule has 0 aromatic heterocycles. The van der Waals surface area contributed by atoms with Gasteiger partial charge in [0.2, 0.25) is 11.7 Å². The van der Waals surface area contributed by atoms with E-state index < -0.39 is 17.7 Å². The molecule has 0 aliphatic heterocycles. The van der Waals surface area contributed by atoms with Gasteiger partial charge in [-0.1, -0.05) is 69.2 Å². The van der Waals surface area contributed by atoms with Gasteiger partial charge in [-0.05, 0) is 25.0 Å². The van der Waals surface area contributed by atoms with Crippen LogP contribution in [0.25, 0.3) is 0 Å². The van der Waals surface area contributed by atoms with Gasteiger partial charge in [0.15, 0.2) is 0 Å². The van der Waals surface area contributed by atoms with Gasteiger partial charge in [0.05, 0.1) is 6.04 Å². The van der Waals surface area contributed by atoms with Crippen LogP contribution < -0.4 is 10.6 Å². The molecule has 0 bridgehead atoms. The van der Waals surface area contributed by atoms with Crippen LogP contribution in [0.1, 0.15) is 82.1 Å². The van der Waals surface area contributed by atoms with Gasteiger partial charge in [-0.3, -0.25) is 14.4 Å². The van der Waals surface area contributed by atoms with Crippen LogP contribution in [0.4, 0.5) is 0 Å². The normalized spacial score (nSPS) is 10.5. The third-order valence-corrected chi connectivity index (χ3v) is 2.76. The molecule has 6 heteroatoms. The van der Waals surface area contributed by atoms with E-state index in [9.17, 15) is 14.4 Å². The number of likely N-dealkylation sites (N-methyl/N-ethyl adjacent to an activating group) is 1. The summed E-state index contributed by atoms with van der Waals surface area (Å²) in [5.74, 6) is -1.17. The van der Waals surface area contributed by atoms with Gasteiger partial charge in [-0.15, -0.1) is 0 Å². The van der Waals surface area contributed by atoms with Crippen LogP contribution in [-0.4, -0.2) is 36.9 Å². The Morgan fingerprint density at radius 3 is 1.54 bits per heavy atom. The predicted molar refractivity (Wildman–Crippen MR) is 119 cm³/mol. The summed E-state index contributed by atoms with van der Waals surface area (Å²) in [5.41, 5.74) is 0.